The Morgan fingerprint density at radius 3 is 2.92 bits per heavy atom. The van der Waals surface area contributed by atoms with Gasteiger partial charge in [-0.3, -0.25) is 0 Å². The van der Waals surface area contributed by atoms with Crippen LogP contribution in [-0.2, 0) is 0 Å². The van der Waals surface area contributed by atoms with Crippen LogP contribution in [0.2, 0.25) is 0 Å². The van der Waals surface area contributed by atoms with E-state index in [1.807, 2.05) is 0 Å². The number of aromatic hydroxyl groups is 1. The summed E-state index contributed by atoms with van der Waals surface area (Å²) in [5.74, 6) is 0.408. The fourth-order valence-electron chi connectivity index (χ4n) is 0.978. The third-order valence-electron chi connectivity index (χ3n) is 1.58. The fourth-order valence-corrected chi connectivity index (χ4v) is 1.34. The number of halogens is 1. The van der Waals surface area contributed by atoms with Crippen molar-refractivity contribution < 1.29 is 9.52 Å². The summed E-state index contributed by atoms with van der Waals surface area (Å²) in [6.45, 7) is 0. The molecule has 0 atom stereocenters. The molecule has 13 heavy (non-hydrogen) atoms. The van der Waals surface area contributed by atoms with E-state index in [2.05, 4.69) is 26.1 Å². The smallest absolute Gasteiger partial charge is 0.251 e. The van der Waals surface area contributed by atoms with Crippen molar-refractivity contribution in [3.63, 3.8) is 0 Å². The predicted octanol–water partition coefficient (Wildman–Crippen LogP) is 2.20. The van der Waals surface area contributed by atoms with Gasteiger partial charge < -0.3 is 9.52 Å². The standard InChI is InChI=1S/C8H5BrN2O2/c9-6-3-1-2-5(7(6)12)8-11-10-4-13-8/h1-4,12H. The molecule has 0 saturated carbocycles. The van der Waals surface area contributed by atoms with E-state index in [-0.39, 0.29) is 5.75 Å². The SMILES string of the molecule is Oc1c(Br)cccc1-c1nnco1. The molecule has 1 aromatic heterocycles. The lowest BCUT2D eigenvalue weighted by molar-refractivity contribution is 0.469. The molecule has 1 aromatic carbocycles. The first-order valence-electron chi connectivity index (χ1n) is 3.53. The van der Waals surface area contributed by atoms with E-state index in [1.165, 1.54) is 6.39 Å². The molecule has 1 heterocycles. The average molecular weight is 241 g/mol. The minimum Gasteiger partial charge on any atom is -0.506 e. The molecular formula is C8H5BrN2O2. The molecule has 5 heteroatoms. The maximum absolute atomic E-state index is 9.59. The number of hydrogen-bond acceptors (Lipinski definition) is 4. The van der Waals surface area contributed by atoms with Crippen LogP contribution >= 0.6 is 15.9 Å². The third kappa shape index (κ3) is 1.42. The van der Waals surface area contributed by atoms with Gasteiger partial charge in [-0.05, 0) is 28.1 Å². The number of phenols is 1. The van der Waals surface area contributed by atoms with E-state index in [0.717, 1.165) is 0 Å². The molecule has 2 rings (SSSR count). The summed E-state index contributed by atoms with van der Waals surface area (Å²) in [6, 6.07) is 5.21. The zero-order valence-corrected chi connectivity index (χ0v) is 8.02. The predicted molar refractivity (Wildman–Crippen MR) is 49.1 cm³/mol. The summed E-state index contributed by atoms with van der Waals surface area (Å²) >= 11 is 3.19. The largest absolute Gasteiger partial charge is 0.506 e. The fraction of sp³-hybridized carbons (Fsp3) is 0. The van der Waals surface area contributed by atoms with Crippen LogP contribution in [0, 0.1) is 0 Å². The van der Waals surface area contributed by atoms with Gasteiger partial charge >= 0.3 is 0 Å². The van der Waals surface area contributed by atoms with Gasteiger partial charge in [0, 0.05) is 0 Å². The van der Waals surface area contributed by atoms with Crippen molar-refractivity contribution in [3.8, 4) is 17.2 Å². The Labute approximate surface area is 82.4 Å². The van der Waals surface area contributed by atoms with Crippen LogP contribution in [-0.4, -0.2) is 15.3 Å². The first-order chi connectivity index (χ1) is 6.29. The lowest BCUT2D eigenvalue weighted by Gasteiger charge is -2.00. The molecule has 0 aliphatic carbocycles. The van der Waals surface area contributed by atoms with Crippen LogP contribution in [0.15, 0.2) is 33.5 Å². The lowest BCUT2D eigenvalue weighted by atomic mass is 10.2. The summed E-state index contributed by atoms with van der Waals surface area (Å²) in [5, 5.41) is 16.8. The van der Waals surface area contributed by atoms with Gasteiger partial charge in [0.25, 0.3) is 5.89 Å². The van der Waals surface area contributed by atoms with Gasteiger partial charge in [0.05, 0.1) is 10.0 Å². The molecule has 2 aromatic rings. The van der Waals surface area contributed by atoms with E-state index >= 15 is 0 Å². The van der Waals surface area contributed by atoms with Gasteiger partial charge in [-0.2, -0.15) is 0 Å². The van der Waals surface area contributed by atoms with E-state index in [1.54, 1.807) is 18.2 Å². The van der Waals surface area contributed by atoms with Gasteiger partial charge in [-0.1, -0.05) is 6.07 Å². The second kappa shape index (κ2) is 3.18. The van der Waals surface area contributed by atoms with Crippen molar-refractivity contribution in [3.05, 3.63) is 29.1 Å². The Hall–Kier alpha value is -1.36. The van der Waals surface area contributed by atoms with Crippen molar-refractivity contribution in [2.24, 2.45) is 0 Å². The molecule has 0 aliphatic rings. The van der Waals surface area contributed by atoms with Gasteiger partial charge in [-0.15, -0.1) is 10.2 Å². The highest BCUT2D eigenvalue weighted by molar-refractivity contribution is 9.10. The Kier molecular flexibility index (Phi) is 2.02. The molecule has 4 nitrogen and oxygen atoms in total. The number of hydrogen-bond donors (Lipinski definition) is 1. The number of rotatable bonds is 1. The molecule has 0 saturated heterocycles. The number of para-hydroxylation sites is 1. The normalized spacial score (nSPS) is 10.2. The molecule has 0 fully saturated rings. The minimum atomic E-state index is 0.103. The van der Waals surface area contributed by atoms with Gasteiger partial charge in [0.1, 0.15) is 5.75 Å². The number of benzene rings is 1. The average Bonchev–Trinajstić information content (AvgIpc) is 2.62. The van der Waals surface area contributed by atoms with Gasteiger partial charge in [0.15, 0.2) is 0 Å². The highest BCUT2D eigenvalue weighted by Gasteiger charge is 2.10. The molecule has 0 amide bonds. The molecule has 0 radical (unpaired) electrons. The monoisotopic (exact) mass is 240 g/mol. The summed E-state index contributed by atoms with van der Waals surface area (Å²) in [4.78, 5) is 0. The van der Waals surface area contributed by atoms with Crippen LogP contribution < -0.4 is 0 Å². The first-order valence-corrected chi connectivity index (χ1v) is 4.32. The van der Waals surface area contributed by atoms with E-state index in [9.17, 15) is 5.11 Å². The first kappa shape index (κ1) is 8.25. The maximum atomic E-state index is 9.59. The van der Waals surface area contributed by atoms with Crippen LogP contribution in [0.1, 0.15) is 0 Å². The molecule has 1 N–H and O–H groups in total. The number of phenolic OH excluding ortho intramolecular Hbond substituents is 1. The molecule has 0 bridgehead atoms. The summed E-state index contributed by atoms with van der Waals surface area (Å²) in [5.41, 5.74) is 0.520. The Balaban J connectivity index is 2.59. The highest BCUT2D eigenvalue weighted by atomic mass is 79.9. The molecule has 0 unspecified atom stereocenters. The highest BCUT2D eigenvalue weighted by Crippen LogP contribution is 2.33. The van der Waals surface area contributed by atoms with E-state index in [0.29, 0.717) is 15.9 Å². The second-order valence-corrected chi connectivity index (χ2v) is 3.23. The zero-order chi connectivity index (χ0) is 9.26. The molecule has 66 valence electrons. The quantitative estimate of drug-likeness (QED) is 0.831. The van der Waals surface area contributed by atoms with Gasteiger partial charge in [0.2, 0.25) is 6.39 Å². The van der Waals surface area contributed by atoms with Crippen LogP contribution in [0.3, 0.4) is 0 Å². The molecule has 0 aliphatic heterocycles. The van der Waals surface area contributed by atoms with Crippen molar-refractivity contribution in [2.75, 3.05) is 0 Å². The van der Waals surface area contributed by atoms with Crippen molar-refractivity contribution in [1.29, 1.82) is 0 Å². The van der Waals surface area contributed by atoms with Crippen LogP contribution in [0.25, 0.3) is 11.5 Å². The third-order valence-corrected chi connectivity index (χ3v) is 2.22. The lowest BCUT2D eigenvalue weighted by Crippen LogP contribution is -1.80. The van der Waals surface area contributed by atoms with Crippen LogP contribution in [0.4, 0.5) is 0 Å². The van der Waals surface area contributed by atoms with E-state index in [4.69, 9.17) is 4.42 Å². The Morgan fingerprint density at radius 1 is 1.38 bits per heavy atom. The Morgan fingerprint density at radius 2 is 2.23 bits per heavy atom. The summed E-state index contributed by atoms with van der Waals surface area (Å²) in [7, 11) is 0. The molecular weight excluding hydrogens is 236 g/mol. The number of aromatic nitrogens is 2. The van der Waals surface area contributed by atoms with E-state index < -0.39 is 0 Å². The van der Waals surface area contributed by atoms with Crippen molar-refractivity contribution >= 4 is 15.9 Å². The topological polar surface area (TPSA) is 59.2 Å². The zero-order valence-electron chi connectivity index (χ0n) is 6.44. The van der Waals surface area contributed by atoms with Crippen LogP contribution in [0.5, 0.6) is 5.75 Å². The number of nitrogens with zero attached hydrogens (tertiary/aromatic N) is 2. The minimum absolute atomic E-state index is 0.103. The summed E-state index contributed by atoms with van der Waals surface area (Å²) in [6.07, 6.45) is 1.22. The molecule has 0 spiro atoms. The second-order valence-electron chi connectivity index (χ2n) is 2.38. The van der Waals surface area contributed by atoms with Crippen molar-refractivity contribution in [1.82, 2.24) is 10.2 Å². The Bertz CT molecular complexity index is 414. The maximum Gasteiger partial charge on any atom is 0.251 e. The summed E-state index contributed by atoms with van der Waals surface area (Å²) < 4.78 is 5.55. The van der Waals surface area contributed by atoms with Gasteiger partial charge in [-0.25, -0.2) is 0 Å². The van der Waals surface area contributed by atoms with Crippen molar-refractivity contribution in [2.45, 2.75) is 0 Å².